The van der Waals surface area contributed by atoms with Crippen LogP contribution in [0, 0.1) is 0 Å². The standard InChI is InChI=1S/C24H26BrClN6O2/c1-16(33)27-10-11-28-21-15-22(32-24(31-21)18-4-8-20(26)9-5-18)29-12-13-30-23(34)14-17-2-6-19(25)7-3-17/h2-9,15H,10-14H2,1H3,(H,27,33)(H,30,34)(H2,28,29,31,32). The van der Waals surface area contributed by atoms with Gasteiger partial charge < -0.3 is 21.3 Å². The zero-order valence-corrected chi connectivity index (χ0v) is 21.0. The Kier molecular flexibility index (Phi) is 9.66. The quantitative estimate of drug-likeness (QED) is 0.272. The van der Waals surface area contributed by atoms with Gasteiger partial charge in [0.25, 0.3) is 0 Å². The summed E-state index contributed by atoms with van der Waals surface area (Å²) in [5, 5.41) is 12.7. The van der Waals surface area contributed by atoms with E-state index in [1.807, 2.05) is 36.4 Å². The molecule has 0 bridgehead atoms. The normalized spacial score (nSPS) is 10.4. The van der Waals surface area contributed by atoms with Gasteiger partial charge in [0.05, 0.1) is 6.42 Å². The van der Waals surface area contributed by atoms with Gasteiger partial charge >= 0.3 is 0 Å². The lowest BCUT2D eigenvalue weighted by Crippen LogP contribution is -2.30. The zero-order chi connectivity index (χ0) is 24.3. The van der Waals surface area contributed by atoms with E-state index in [1.165, 1.54) is 6.92 Å². The van der Waals surface area contributed by atoms with Crippen molar-refractivity contribution in [2.75, 3.05) is 36.8 Å². The van der Waals surface area contributed by atoms with Gasteiger partial charge in [-0.3, -0.25) is 9.59 Å². The molecule has 0 aliphatic heterocycles. The van der Waals surface area contributed by atoms with Gasteiger partial charge in [0, 0.05) is 54.2 Å². The minimum atomic E-state index is -0.0871. The summed E-state index contributed by atoms with van der Waals surface area (Å²) in [5.74, 6) is 1.63. The van der Waals surface area contributed by atoms with E-state index in [4.69, 9.17) is 11.6 Å². The van der Waals surface area contributed by atoms with Crippen molar-refractivity contribution in [3.63, 3.8) is 0 Å². The van der Waals surface area contributed by atoms with Crippen molar-refractivity contribution >= 4 is 51.0 Å². The number of anilines is 2. The van der Waals surface area contributed by atoms with Crippen molar-refractivity contribution in [3.05, 3.63) is 69.7 Å². The van der Waals surface area contributed by atoms with Crippen LogP contribution in [0.4, 0.5) is 11.6 Å². The molecule has 0 fully saturated rings. The summed E-state index contributed by atoms with van der Waals surface area (Å²) in [4.78, 5) is 32.4. The first kappa shape index (κ1) is 25.5. The van der Waals surface area contributed by atoms with E-state index in [9.17, 15) is 9.59 Å². The van der Waals surface area contributed by atoms with Crippen molar-refractivity contribution < 1.29 is 9.59 Å². The molecule has 8 nitrogen and oxygen atoms in total. The summed E-state index contributed by atoms with van der Waals surface area (Å²) in [7, 11) is 0. The van der Waals surface area contributed by atoms with E-state index >= 15 is 0 Å². The maximum absolute atomic E-state index is 12.2. The fourth-order valence-corrected chi connectivity index (χ4v) is 3.42. The van der Waals surface area contributed by atoms with Crippen LogP contribution in [0.1, 0.15) is 12.5 Å². The number of halogens is 2. The van der Waals surface area contributed by atoms with Gasteiger partial charge in [-0.05, 0) is 42.0 Å². The number of hydrogen-bond donors (Lipinski definition) is 4. The monoisotopic (exact) mass is 544 g/mol. The number of aromatic nitrogens is 2. The Morgan fingerprint density at radius 3 is 2.03 bits per heavy atom. The van der Waals surface area contributed by atoms with Crippen LogP contribution < -0.4 is 21.3 Å². The van der Waals surface area contributed by atoms with E-state index in [0.29, 0.717) is 55.1 Å². The predicted molar refractivity (Wildman–Crippen MR) is 139 cm³/mol. The molecule has 0 unspecified atom stereocenters. The third-order valence-corrected chi connectivity index (χ3v) is 5.45. The number of rotatable bonds is 11. The van der Waals surface area contributed by atoms with Crippen LogP contribution in [-0.4, -0.2) is 48.0 Å². The fraction of sp³-hybridized carbons (Fsp3) is 0.250. The van der Waals surface area contributed by atoms with Crippen LogP contribution in [0.3, 0.4) is 0 Å². The van der Waals surface area contributed by atoms with E-state index < -0.39 is 0 Å². The molecule has 1 heterocycles. The summed E-state index contributed by atoms with van der Waals surface area (Å²) in [6.07, 6.45) is 0.323. The average molecular weight is 546 g/mol. The van der Waals surface area contributed by atoms with Crippen LogP contribution in [0.15, 0.2) is 59.1 Å². The van der Waals surface area contributed by atoms with Crippen molar-refractivity contribution in [3.8, 4) is 11.4 Å². The maximum Gasteiger partial charge on any atom is 0.224 e. The van der Waals surface area contributed by atoms with Gasteiger partial charge in [-0.1, -0.05) is 39.7 Å². The Labute approximate surface area is 212 Å². The highest BCUT2D eigenvalue weighted by Gasteiger charge is 2.08. The second-order valence-corrected chi connectivity index (χ2v) is 8.81. The van der Waals surface area contributed by atoms with E-state index in [0.717, 1.165) is 15.6 Å². The Hall–Kier alpha value is -3.17. The van der Waals surface area contributed by atoms with E-state index in [2.05, 4.69) is 47.2 Å². The lowest BCUT2D eigenvalue weighted by atomic mass is 10.1. The molecule has 3 aromatic rings. The Balaban J connectivity index is 1.58. The Bertz CT molecular complexity index is 1110. The summed E-state index contributed by atoms with van der Waals surface area (Å²) in [5.41, 5.74) is 1.77. The molecule has 10 heteroatoms. The topological polar surface area (TPSA) is 108 Å². The molecule has 0 radical (unpaired) electrons. The first-order valence-corrected chi connectivity index (χ1v) is 11.9. The van der Waals surface area contributed by atoms with E-state index in [1.54, 1.807) is 18.2 Å². The summed E-state index contributed by atoms with van der Waals surface area (Å²) < 4.78 is 0.979. The molecule has 178 valence electrons. The number of carbonyl (C=O) groups excluding carboxylic acids is 2. The predicted octanol–water partition coefficient (Wildman–Crippen LogP) is 3.88. The highest BCUT2D eigenvalue weighted by atomic mass is 79.9. The van der Waals surface area contributed by atoms with Crippen molar-refractivity contribution in [2.24, 2.45) is 0 Å². The van der Waals surface area contributed by atoms with Gasteiger partial charge in [-0.15, -0.1) is 0 Å². The highest BCUT2D eigenvalue weighted by Crippen LogP contribution is 2.22. The lowest BCUT2D eigenvalue weighted by Gasteiger charge is -2.12. The van der Waals surface area contributed by atoms with Gasteiger partial charge in [0.1, 0.15) is 11.6 Å². The lowest BCUT2D eigenvalue weighted by molar-refractivity contribution is -0.120. The average Bonchev–Trinajstić information content (AvgIpc) is 2.81. The molecule has 0 aliphatic rings. The number of carbonyl (C=O) groups is 2. The molecule has 2 amide bonds. The molecule has 0 saturated carbocycles. The third-order valence-electron chi connectivity index (χ3n) is 4.66. The molecule has 3 rings (SSSR count). The molecule has 0 saturated heterocycles. The maximum atomic E-state index is 12.2. The molecular formula is C24H26BrClN6O2. The van der Waals surface area contributed by atoms with Gasteiger partial charge in [0.2, 0.25) is 11.8 Å². The van der Waals surface area contributed by atoms with Gasteiger partial charge in [-0.2, -0.15) is 0 Å². The van der Waals surface area contributed by atoms with Gasteiger partial charge in [-0.25, -0.2) is 9.97 Å². The second kappa shape index (κ2) is 12.9. The van der Waals surface area contributed by atoms with E-state index in [-0.39, 0.29) is 11.8 Å². The number of nitrogens with zero attached hydrogens (tertiary/aromatic N) is 2. The van der Waals surface area contributed by atoms with Crippen molar-refractivity contribution in [1.29, 1.82) is 0 Å². The zero-order valence-electron chi connectivity index (χ0n) is 18.7. The summed E-state index contributed by atoms with van der Waals surface area (Å²) in [6.45, 7) is 3.41. The van der Waals surface area contributed by atoms with Crippen LogP contribution in [0.5, 0.6) is 0 Å². The Morgan fingerprint density at radius 1 is 0.853 bits per heavy atom. The first-order chi connectivity index (χ1) is 16.4. The fourth-order valence-electron chi connectivity index (χ4n) is 3.03. The number of benzene rings is 2. The number of amides is 2. The molecule has 34 heavy (non-hydrogen) atoms. The van der Waals surface area contributed by atoms with Crippen molar-refractivity contribution in [1.82, 2.24) is 20.6 Å². The smallest absolute Gasteiger partial charge is 0.224 e. The summed E-state index contributed by atoms with van der Waals surface area (Å²) in [6, 6.07) is 16.7. The molecule has 0 spiro atoms. The highest BCUT2D eigenvalue weighted by molar-refractivity contribution is 9.10. The van der Waals surface area contributed by atoms with Crippen LogP contribution in [0.25, 0.3) is 11.4 Å². The first-order valence-electron chi connectivity index (χ1n) is 10.8. The molecule has 1 aromatic heterocycles. The van der Waals surface area contributed by atoms with Gasteiger partial charge in [0.15, 0.2) is 5.82 Å². The largest absolute Gasteiger partial charge is 0.368 e. The van der Waals surface area contributed by atoms with Crippen LogP contribution in [0.2, 0.25) is 5.02 Å². The van der Waals surface area contributed by atoms with Crippen LogP contribution in [-0.2, 0) is 16.0 Å². The summed E-state index contributed by atoms with van der Waals surface area (Å²) >= 11 is 9.39. The minimum absolute atomic E-state index is 0.0472. The third kappa shape index (κ3) is 8.64. The minimum Gasteiger partial charge on any atom is -0.368 e. The SMILES string of the molecule is CC(=O)NCCNc1cc(NCCNC(=O)Cc2ccc(Br)cc2)nc(-c2ccc(Cl)cc2)n1. The number of hydrogen-bond acceptors (Lipinski definition) is 6. The Morgan fingerprint density at radius 2 is 1.44 bits per heavy atom. The second-order valence-electron chi connectivity index (χ2n) is 7.46. The molecular weight excluding hydrogens is 520 g/mol. The van der Waals surface area contributed by atoms with Crippen molar-refractivity contribution in [2.45, 2.75) is 13.3 Å². The number of nitrogens with one attached hydrogen (secondary N) is 4. The molecule has 0 atom stereocenters. The molecule has 2 aromatic carbocycles. The molecule has 0 aliphatic carbocycles. The van der Waals surface area contributed by atoms with Crippen LogP contribution >= 0.6 is 27.5 Å². The molecule has 4 N–H and O–H groups in total.